The number of hydrogen-bond donors (Lipinski definition) is 0. The summed E-state index contributed by atoms with van der Waals surface area (Å²) in [6.07, 6.45) is 7.72. The van der Waals surface area contributed by atoms with Crippen molar-refractivity contribution >= 4 is 23.6 Å². The highest BCUT2D eigenvalue weighted by Gasteiger charge is 2.47. The summed E-state index contributed by atoms with van der Waals surface area (Å²) in [4.78, 5) is 0. The molecule has 0 saturated heterocycles. The van der Waals surface area contributed by atoms with Gasteiger partial charge >= 0.3 is 0 Å². The molecule has 0 aromatic heterocycles. The van der Waals surface area contributed by atoms with Gasteiger partial charge in [-0.05, 0) is 95.9 Å². The molecule has 1 heteroatoms. The van der Waals surface area contributed by atoms with Crippen molar-refractivity contribution in [3.63, 3.8) is 0 Å². The molecule has 0 saturated carbocycles. The Balaban J connectivity index is 2.32. The predicted molar refractivity (Wildman–Crippen MR) is 204 cm³/mol. The minimum atomic E-state index is -2.71. The van der Waals surface area contributed by atoms with Gasteiger partial charge in [0, 0.05) is 5.54 Å². The fourth-order valence-electron chi connectivity index (χ4n) is 6.98. The third-order valence-corrected chi connectivity index (χ3v) is 15.3. The molecule has 1 unspecified atom stereocenters. The van der Waals surface area contributed by atoms with Gasteiger partial charge in [0.25, 0.3) is 0 Å². The van der Waals surface area contributed by atoms with Crippen LogP contribution in [0.1, 0.15) is 166 Å². The summed E-state index contributed by atoms with van der Waals surface area (Å²) < 4.78 is 0. The molecule has 4 rings (SSSR count). The van der Waals surface area contributed by atoms with Crippen molar-refractivity contribution in [1.29, 1.82) is 0 Å². The van der Waals surface area contributed by atoms with Gasteiger partial charge < -0.3 is 0 Å². The molecule has 0 heterocycles. The maximum Gasteiger partial charge on any atom is 0.158 e. The van der Waals surface area contributed by atoms with Crippen LogP contribution in [0.25, 0.3) is 0 Å². The van der Waals surface area contributed by atoms with Crippen LogP contribution in [0.15, 0.2) is 78.4 Å². The van der Waals surface area contributed by atoms with Crippen LogP contribution >= 0.6 is 0 Å². The standard InChI is InChI=1S/C44H62Si/c1-27(2)34-15-16-41(20-34)45(42-21-35(28(3)4)17-36(22-42)29(5)6,43-23-37(30(7)8)18-38(24-43)31(9)10)44-25-39(32(11)12)19-40(26-44)33(13)14/h15-33,41H,1-14H3. The van der Waals surface area contributed by atoms with Crippen molar-refractivity contribution in [2.45, 2.75) is 138 Å². The summed E-state index contributed by atoms with van der Waals surface area (Å²) in [7, 11) is -2.71. The van der Waals surface area contributed by atoms with Gasteiger partial charge in [0.1, 0.15) is 0 Å². The first-order chi connectivity index (χ1) is 21.1. The Kier molecular flexibility index (Phi) is 11.0. The molecule has 242 valence electrons. The summed E-state index contributed by atoms with van der Waals surface area (Å²) in [5, 5.41) is 4.71. The van der Waals surface area contributed by atoms with E-state index in [1.165, 1.54) is 39.0 Å². The highest BCUT2D eigenvalue weighted by Crippen LogP contribution is 2.37. The maximum atomic E-state index is 2.67. The molecule has 1 aliphatic rings. The average molecular weight is 619 g/mol. The van der Waals surface area contributed by atoms with Gasteiger partial charge in [-0.3, -0.25) is 0 Å². The molecule has 0 amide bonds. The van der Waals surface area contributed by atoms with Gasteiger partial charge in [-0.15, -0.1) is 0 Å². The van der Waals surface area contributed by atoms with Gasteiger partial charge in [0.2, 0.25) is 0 Å². The van der Waals surface area contributed by atoms with E-state index < -0.39 is 8.07 Å². The topological polar surface area (TPSA) is 0 Å². The van der Waals surface area contributed by atoms with Crippen molar-refractivity contribution in [1.82, 2.24) is 0 Å². The number of rotatable bonds is 11. The Bertz CT molecular complexity index is 1310. The van der Waals surface area contributed by atoms with Gasteiger partial charge in [-0.1, -0.05) is 170 Å². The van der Waals surface area contributed by atoms with E-state index in [4.69, 9.17) is 0 Å². The average Bonchev–Trinajstić information content (AvgIpc) is 3.48. The van der Waals surface area contributed by atoms with Crippen LogP contribution in [0.2, 0.25) is 5.54 Å². The second-order valence-corrected chi connectivity index (χ2v) is 20.1. The van der Waals surface area contributed by atoms with Crippen LogP contribution in [0.5, 0.6) is 0 Å². The van der Waals surface area contributed by atoms with Crippen molar-refractivity contribution in [3.05, 3.63) is 112 Å². The largest absolute Gasteiger partial charge is 0.158 e. The smallest absolute Gasteiger partial charge is 0.0790 e. The van der Waals surface area contributed by atoms with Gasteiger partial charge in [0.05, 0.1) is 0 Å². The monoisotopic (exact) mass is 618 g/mol. The van der Waals surface area contributed by atoms with Gasteiger partial charge in [-0.2, -0.15) is 0 Å². The summed E-state index contributed by atoms with van der Waals surface area (Å²) in [5.74, 6) is 3.32. The van der Waals surface area contributed by atoms with E-state index in [9.17, 15) is 0 Å². The van der Waals surface area contributed by atoms with Crippen molar-refractivity contribution in [3.8, 4) is 0 Å². The lowest BCUT2D eigenvalue weighted by atomic mass is 9.95. The Morgan fingerprint density at radius 3 is 0.844 bits per heavy atom. The Labute approximate surface area is 278 Å². The first-order valence-corrected chi connectivity index (χ1v) is 20.0. The lowest BCUT2D eigenvalue weighted by Crippen LogP contribution is -2.69. The minimum absolute atomic E-state index is 0.335. The molecule has 45 heavy (non-hydrogen) atoms. The normalized spacial score (nSPS) is 15.7. The van der Waals surface area contributed by atoms with Crippen molar-refractivity contribution < 1.29 is 0 Å². The lowest BCUT2D eigenvalue weighted by Gasteiger charge is -2.40. The van der Waals surface area contributed by atoms with E-state index in [2.05, 4.69) is 170 Å². The SMILES string of the molecule is CC(C)C1=CC([Si](c2cc(C(C)C)cc(C(C)C)c2)(c2cc(C(C)C)cc(C(C)C)c2)c2cc(C(C)C)cc(C(C)C)c2)C=C1. The van der Waals surface area contributed by atoms with E-state index in [0.29, 0.717) is 47.0 Å². The molecule has 0 N–H and O–H groups in total. The van der Waals surface area contributed by atoms with Crippen LogP contribution in [0.3, 0.4) is 0 Å². The zero-order chi connectivity index (χ0) is 33.4. The highest BCUT2D eigenvalue weighted by atomic mass is 28.3. The molecular weight excluding hydrogens is 557 g/mol. The molecule has 0 spiro atoms. The van der Waals surface area contributed by atoms with E-state index in [1.54, 1.807) is 15.6 Å². The summed E-state index contributed by atoms with van der Waals surface area (Å²) in [6.45, 7) is 33.1. The molecule has 1 aliphatic carbocycles. The molecular formula is C44H62Si. The number of hydrogen-bond acceptors (Lipinski definition) is 0. The first-order valence-electron chi connectivity index (χ1n) is 17.9. The molecule has 3 aromatic rings. The van der Waals surface area contributed by atoms with Crippen LogP contribution < -0.4 is 15.6 Å². The van der Waals surface area contributed by atoms with Crippen LogP contribution in [0, 0.1) is 5.92 Å². The highest BCUT2D eigenvalue weighted by molar-refractivity contribution is 7.13. The first kappa shape index (κ1) is 35.2. The summed E-state index contributed by atoms with van der Waals surface area (Å²) >= 11 is 0. The third-order valence-electron chi connectivity index (χ3n) is 10.3. The molecule has 0 aliphatic heterocycles. The Morgan fingerprint density at radius 1 is 0.378 bits per heavy atom. The van der Waals surface area contributed by atoms with E-state index in [-0.39, 0.29) is 0 Å². The van der Waals surface area contributed by atoms with Crippen LogP contribution in [-0.2, 0) is 0 Å². The second kappa shape index (κ2) is 14.0. The fourth-order valence-corrected chi connectivity index (χ4v) is 12.3. The molecule has 3 aromatic carbocycles. The molecule has 0 nitrogen and oxygen atoms in total. The zero-order valence-electron chi connectivity index (χ0n) is 31.0. The third kappa shape index (κ3) is 7.20. The number of allylic oxidation sites excluding steroid dienone is 4. The second-order valence-electron chi connectivity index (χ2n) is 16.1. The Morgan fingerprint density at radius 2 is 0.644 bits per heavy atom. The van der Waals surface area contributed by atoms with Crippen LogP contribution in [-0.4, -0.2) is 8.07 Å². The maximum absolute atomic E-state index is 2.71. The Hall–Kier alpha value is -2.64. The molecule has 1 atom stereocenters. The lowest BCUT2D eigenvalue weighted by molar-refractivity contribution is 0.793. The van der Waals surface area contributed by atoms with E-state index >= 15 is 0 Å². The molecule has 0 radical (unpaired) electrons. The quantitative estimate of drug-likeness (QED) is 0.148. The van der Waals surface area contributed by atoms with Crippen molar-refractivity contribution in [2.75, 3.05) is 0 Å². The van der Waals surface area contributed by atoms with Gasteiger partial charge in [-0.25, -0.2) is 0 Å². The minimum Gasteiger partial charge on any atom is -0.0790 e. The van der Waals surface area contributed by atoms with E-state index in [1.807, 2.05) is 0 Å². The fraction of sp³-hybridized carbons (Fsp3) is 0.500. The molecule has 0 fully saturated rings. The van der Waals surface area contributed by atoms with Crippen LogP contribution in [0.4, 0.5) is 0 Å². The summed E-state index contributed by atoms with van der Waals surface area (Å²) in [5.41, 5.74) is 10.6. The van der Waals surface area contributed by atoms with E-state index in [0.717, 1.165) is 0 Å². The summed E-state index contributed by atoms with van der Waals surface area (Å²) in [6, 6.07) is 23.3. The predicted octanol–water partition coefficient (Wildman–Crippen LogP) is 11.4. The zero-order valence-corrected chi connectivity index (χ0v) is 32.0. The number of benzene rings is 3. The van der Waals surface area contributed by atoms with Crippen molar-refractivity contribution in [2.24, 2.45) is 5.92 Å². The van der Waals surface area contributed by atoms with Gasteiger partial charge in [0.15, 0.2) is 8.07 Å². The molecule has 0 bridgehead atoms.